The lowest BCUT2D eigenvalue weighted by Gasteiger charge is -2.04. The molecule has 0 fully saturated rings. The van der Waals surface area contributed by atoms with E-state index in [2.05, 4.69) is 9.47 Å². The number of hydrogen-bond donors (Lipinski definition) is 0. The minimum absolute atomic E-state index is 0.232. The summed E-state index contributed by atoms with van der Waals surface area (Å²) >= 11 is 0. The first-order valence-electron chi connectivity index (χ1n) is 7.99. The standard InChI is InChI=1S/C10H10O3.C10H8O3/c2*1-12-10(11)8-6-13-9-5-3-2-4-7(8)9/h2-5,8H,6H2,1H3;2-6H,1H3. The maximum Gasteiger partial charge on any atom is 0.341 e. The van der Waals surface area contributed by atoms with Crippen LogP contribution in [-0.4, -0.2) is 32.8 Å². The van der Waals surface area contributed by atoms with E-state index in [1.165, 1.54) is 20.5 Å². The fourth-order valence-corrected chi connectivity index (χ4v) is 2.75. The van der Waals surface area contributed by atoms with Gasteiger partial charge in [0.1, 0.15) is 35.7 Å². The van der Waals surface area contributed by atoms with Crippen LogP contribution in [0.4, 0.5) is 0 Å². The third kappa shape index (κ3) is 3.39. The van der Waals surface area contributed by atoms with Crippen molar-refractivity contribution in [1.82, 2.24) is 0 Å². The summed E-state index contributed by atoms with van der Waals surface area (Å²) < 4.78 is 19.8. The normalized spacial score (nSPS) is 14.6. The summed E-state index contributed by atoms with van der Waals surface area (Å²) in [5.74, 6) is -0.0611. The molecule has 3 aromatic rings. The molecule has 0 saturated heterocycles. The molecule has 26 heavy (non-hydrogen) atoms. The van der Waals surface area contributed by atoms with Crippen LogP contribution < -0.4 is 4.74 Å². The smallest absolute Gasteiger partial charge is 0.341 e. The van der Waals surface area contributed by atoms with Crippen LogP contribution >= 0.6 is 0 Å². The first-order chi connectivity index (χ1) is 12.7. The highest BCUT2D eigenvalue weighted by atomic mass is 16.5. The van der Waals surface area contributed by atoms with Crippen LogP contribution in [-0.2, 0) is 14.3 Å². The summed E-state index contributed by atoms with van der Waals surface area (Å²) in [6.45, 7) is 0.395. The number of benzene rings is 2. The van der Waals surface area contributed by atoms with Gasteiger partial charge in [-0.3, -0.25) is 4.79 Å². The number of rotatable bonds is 2. The van der Waals surface area contributed by atoms with E-state index in [1.807, 2.05) is 48.5 Å². The van der Waals surface area contributed by atoms with Gasteiger partial charge in [-0.1, -0.05) is 36.4 Å². The van der Waals surface area contributed by atoms with E-state index < -0.39 is 0 Å². The van der Waals surface area contributed by atoms with Crippen molar-refractivity contribution in [3.05, 3.63) is 65.9 Å². The van der Waals surface area contributed by atoms with Gasteiger partial charge < -0.3 is 18.6 Å². The molecule has 0 spiro atoms. The Morgan fingerprint density at radius 3 is 2.50 bits per heavy atom. The Hall–Kier alpha value is -3.28. The number of hydrogen-bond acceptors (Lipinski definition) is 6. The first kappa shape index (κ1) is 17.5. The van der Waals surface area contributed by atoms with Crippen LogP contribution in [0.5, 0.6) is 5.75 Å². The average Bonchev–Trinajstić information content (AvgIpc) is 3.31. The molecule has 0 aliphatic carbocycles. The van der Waals surface area contributed by atoms with Crippen molar-refractivity contribution < 1.29 is 28.2 Å². The van der Waals surface area contributed by atoms with Gasteiger partial charge in [0, 0.05) is 10.9 Å². The number of fused-ring (bicyclic) bond motifs is 2. The molecule has 1 atom stereocenters. The van der Waals surface area contributed by atoms with Crippen LogP contribution in [0.2, 0.25) is 0 Å². The summed E-state index contributed by atoms with van der Waals surface area (Å²) in [4.78, 5) is 22.5. The SMILES string of the molecule is COC(=O)C1COc2ccccc21.COC(=O)c1coc2ccccc12. The van der Waals surface area contributed by atoms with Crippen molar-refractivity contribution in [2.45, 2.75) is 5.92 Å². The number of carbonyl (C=O) groups excluding carboxylic acids is 2. The molecule has 6 heteroatoms. The third-order valence-electron chi connectivity index (χ3n) is 4.07. The molecule has 1 aromatic heterocycles. The lowest BCUT2D eigenvalue weighted by molar-refractivity contribution is -0.142. The average molecular weight is 354 g/mol. The zero-order valence-corrected chi connectivity index (χ0v) is 14.4. The molecular formula is C20H18O6. The van der Waals surface area contributed by atoms with Gasteiger partial charge in [-0.2, -0.15) is 0 Å². The Morgan fingerprint density at radius 1 is 1.00 bits per heavy atom. The van der Waals surface area contributed by atoms with E-state index in [0.717, 1.165) is 16.7 Å². The molecular weight excluding hydrogens is 336 g/mol. The van der Waals surface area contributed by atoms with Crippen molar-refractivity contribution in [3.8, 4) is 5.75 Å². The molecule has 0 bridgehead atoms. The molecule has 0 amide bonds. The van der Waals surface area contributed by atoms with E-state index in [1.54, 1.807) is 0 Å². The lowest BCUT2D eigenvalue weighted by atomic mass is 10.0. The monoisotopic (exact) mass is 354 g/mol. The number of esters is 2. The van der Waals surface area contributed by atoms with E-state index in [4.69, 9.17) is 9.15 Å². The molecule has 4 rings (SSSR count). The highest BCUT2D eigenvalue weighted by molar-refractivity contribution is 6.02. The summed E-state index contributed by atoms with van der Waals surface area (Å²) in [6.07, 6.45) is 1.41. The topological polar surface area (TPSA) is 75.0 Å². The van der Waals surface area contributed by atoms with Gasteiger partial charge in [-0.15, -0.1) is 0 Å². The van der Waals surface area contributed by atoms with Crippen LogP contribution in [0.3, 0.4) is 0 Å². The van der Waals surface area contributed by atoms with Gasteiger partial charge in [0.25, 0.3) is 0 Å². The summed E-state index contributed by atoms with van der Waals surface area (Å²) in [6, 6.07) is 14.9. The summed E-state index contributed by atoms with van der Waals surface area (Å²) in [5, 5.41) is 0.786. The van der Waals surface area contributed by atoms with E-state index in [9.17, 15) is 9.59 Å². The predicted molar refractivity (Wildman–Crippen MR) is 94.2 cm³/mol. The zero-order valence-electron chi connectivity index (χ0n) is 14.4. The van der Waals surface area contributed by atoms with Gasteiger partial charge in [0.15, 0.2) is 0 Å². The van der Waals surface area contributed by atoms with Gasteiger partial charge in [0.2, 0.25) is 0 Å². The van der Waals surface area contributed by atoms with Crippen molar-refractivity contribution in [2.75, 3.05) is 20.8 Å². The van der Waals surface area contributed by atoms with Crippen LogP contribution in [0.25, 0.3) is 11.0 Å². The molecule has 0 radical (unpaired) electrons. The zero-order chi connectivity index (χ0) is 18.5. The highest BCUT2D eigenvalue weighted by Gasteiger charge is 2.30. The predicted octanol–water partition coefficient (Wildman–Crippen LogP) is 3.56. The minimum Gasteiger partial charge on any atom is -0.492 e. The Morgan fingerprint density at radius 2 is 1.73 bits per heavy atom. The number of methoxy groups -OCH3 is 2. The number of ether oxygens (including phenoxy) is 3. The molecule has 0 N–H and O–H groups in total. The minimum atomic E-state index is -0.370. The highest BCUT2D eigenvalue weighted by Crippen LogP contribution is 2.33. The van der Waals surface area contributed by atoms with E-state index in [-0.39, 0.29) is 17.9 Å². The van der Waals surface area contributed by atoms with Gasteiger partial charge in [0.05, 0.1) is 14.2 Å². The fraction of sp³-hybridized carbons (Fsp3) is 0.200. The summed E-state index contributed by atoms with van der Waals surface area (Å²) in [7, 11) is 2.74. The number of para-hydroxylation sites is 2. The Balaban J connectivity index is 0.000000151. The fourth-order valence-electron chi connectivity index (χ4n) is 2.75. The summed E-state index contributed by atoms with van der Waals surface area (Å²) in [5.41, 5.74) is 2.09. The second-order valence-corrected chi connectivity index (χ2v) is 5.56. The van der Waals surface area contributed by atoms with Crippen molar-refractivity contribution in [2.24, 2.45) is 0 Å². The Kier molecular flexibility index (Phi) is 5.22. The van der Waals surface area contributed by atoms with Crippen molar-refractivity contribution in [3.63, 3.8) is 0 Å². The van der Waals surface area contributed by atoms with E-state index >= 15 is 0 Å². The second kappa shape index (κ2) is 7.74. The maximum atomic E-state index is 11.3. The molecule has 134 valence electrons. The van der Waals surface area contributed by atoms with Crippen molar-refractivity contribution >= 4 is 22.9 Å². The molecule has 1 aliphatic heterocycles. The van der Waals surface area contributed by atoms with Gasteiger partial charge in [-0.05, 0) is 12.1 Å². The molecule has 1 unspecified atom stereocenters. The van der Waals surface area contributed by atoms with Gasteiger partial charge >= 0.3 is 11.9 Å². The van der Waals surface area contributed by atoms with Gasteiger partial charge in [-0.25, -0.2) is 4.79 Å². The Bertz CT molecular complexity index is 927. The van der Waals surface area contributed by atoms with Crippen LogP contribution in [0.15, 0.2) is 59.2 Å². The molecule has 0 saturated carbocycles. The van der Waals surface area contributed by atoms with Crippen molar-refractivity contribution in [1.29, 1.82) is 0 Å². The maximum absolute atomic E-state index is 11.3. The van der Waals surface area contributed by atoms with Crippen LogP contribution in [0, 0.1) is 0 Å². The first-order valence-corrected chi connectivity index (χ1v) is 7.99. The molecule has 2 heterocycles. The van der Waals surface area contributed by atoms with Crippen LogP contribution in [0.1, 0.15) is 21.8 Å². The number of furan rings is 1. The number of carbonyl (C=O) groups is 2. The largest absolute Gasteiger partial charge is 0.492 e. The second-order valence-electron chi connectivity index (χ2n) is 5.56. The molecule has 2 aromatic carbocycles. The molecule has 1 aliphatic rings. The quantitative estimate of drug-likeness (QED) is 0.655. The Labute approximate surface area is 150 Å². The van der Waals surface area contributed by atoms with E-state index in [0.29, 0.717) is 17.8 Å². The molecule has 6 nitrogen and oxygen atoms in total. The third-order valence-corrected chi connectivity index (χ3v) is 4.07. The lowest BCUT2D eigenvalue weighted by Crippen LogP contribution is -2.15.